The monoisotopic (exact) mass is 1620 g/mol. The number of carbonyl (C=O) groups is 8. The van der Waals surface area contributed by atoms with Crippen LogP contribution in [0.3, 0.4) is 0 Å². The predicted molar refractivity (Wildman–Crippen MR) is 442 cm³/mol. The number of allylic oxidation sites excluding steroid dienone is 4. The molecular weight excluding hydrogens is 1460 g/mol. The lowest BCUT2D eigenvalue weighted by atomic mass is 10.0. The lowest BCUT2D eigenvalue weighted by Crippen LogP contribution is -2.42. The van der Waals surface area contributed by atoms with Crippen molar-refractivity contribution in [1.29, 1.82) is 0 Å². The molecule has 0 aliphatic rings. The van der Waals surface area contributed by atoms with Crippen LogP contribution in [0, 0.1) is 0 Å². The molecule has 0 radical (unpaired) electrons. The van der Waals surface area contributed by atoms with Gasteiger partial charge in [0.1, 0.15) is 30.2 Å². The van der Waals surface area contributed by atoms with E-state index < -0.39 is 109 Å². The van der Waals surface area contributed by atoms with Crippen molar-refractivity contribution >= 4 is 62.8 Å². The van der Waals surface area contributed by atoms with E-state index in [0.717, 1.165) is 154 Å². The molecule has 0 heterocycles. The van der Waals surface area contributed by atoms with Crippen molar-refractivity contribution in [2.75, 3.05) is 65.9 Å². The fourth-order valence-electron chi connectivity index (χ4n) is 12.5. The number of ketones is 2. The van der Waals surface area contributed by atoms with Gasteiger partial charge in [-0.25, -0.2) is 9.13 Å². The van der Waals surface area contributed by atoms with Crippen LogP contribution in [-0.4, -0.2) is 147 Å². The van der Waals surface area contributed by atoms with E-state index in [1.54, 1.807) is 0 Å². The zero-order valence-electron chi connectivity index (χ0n) is 70.3. The van der Waals surface area contributed by atoms with E-state index in [4.69, 9.17) is 37.0 Å². The zero-order chi connectivity index (χ0) is 81.8. The molecule has 0 bridgehead atoms. The quantitative estimate of drug-likeness (QED) is 0.0108. The third-order valence-electron chi connectivity index (χ3n) is 19.1. The normalized spacial score (nSPS) is 13.8. The molecule has 0 fully saturated rings. The molecule has 26 heteroatoms. The van der Waals surface area contributed by atoms with Gasteiger partial charge in [-0.3, -0.25) is 56.5 Å². The van der Waals surface area contributed by atoms with Gasteiger partial charge in [-0.1, -0.05) is 258 Å². The Morgan fingerprint density at radius 1 is 0.315 bits per heavy atom. The summed E-state index contributed by atoms with van der Waals surface area (Å²) < 4.78 is 71.0. The average Bonchev–Trinajstić information content (AvgIpc) is 0.911. The summed E-state index contributed by atoms with van der Waals surface area (Å²) in [6, 6.07) is -2.00. The molecule has 6 atom stereocenters. The van der Waals surface area contributed by atoms with Gasteiger partial charge in [0, 0.05) is 51.6 Å². The van der Waals surface area contributed by atoms with Gasteiger partial charge in [-0.2, -0.15) is 0 Å². The summed E-state index contributed by atoms with van der Waals surface area (Å²) in [5.41, 5.74) is 0. The summed E-state index contributed by atoms with van der Waals surface area (Å²) in [4.78, 5) is 125. The number of hydrogen-bond donors (Lipinski definition) is 6. The fraction of sp³-hybridized carbons (Fsp3) is 0.859. The minimum absolute atomic E-state index is 0.130. The van der Waals surface area contributed by atoms with Crippen LogP contribution in [-0.2, 0) is 84.5 Å². The maximum absolute atomic E-state index is 13.3. The molecule has 111 heavy (non-hydrogen) atoms. The number of ether oxygens (including phenoxy) is 4. The van der Waals surface area contributed by atoms with Crippen molar-refractivity contribution in [3.05, 3.63) is 24.3 Å². The van der Waals surface area contributed by atoms with E-state index in [-0.39, 0.29) is 75.9 Å². The van der Waals surface area contributed by atoms with Gasteiger partial charge in [0.15, 0.2) is 0 Å². The van der Waals surface area contributed by atoms with Gasteiger partial charge in [0.25, 0.3) is 0 Å². The largest absolute Gasteiger partial charge is 0.472 e. The second-order valence-corrected chi connectivity index (χ2v) is 32.9. The van der Waals surface area contributed by atoms with Gasteiger partial charge in [0.2, 0.25) is 23.6 Å². The number of nitrogens with one attached hydrogen (secondary N) is 4. The molecule has 0 saturated heterocycles. The van der Waals surface area contributed by atoms with Crippen molar-refractivity contribution in [3.63, 3.8) is 0 Å². The molecule has 24 nitrogen and oxygen atoms in total. The van der Waals surface area contributed by atoms with E-state index in [9.17, 15) is 57.3 Å². The molecule has 648 valence electrons. The maximum atomic E-state index is 13.3. The number of Topliss-reactive ketones (excluding diaryl/α,β-unsaturated/α-hetero) is 2. The van der Waals surface area contributed by atoms with Crippen LogP contribution in [0.5, 0.6) is 0 Å². The molecule has 4 amide bonds. The highest BCUT2D eigenvalue weighted by molar-refractivity contribution is 7.47. The zero-order valence-corrected chi connectivity index (χ0v) is 72.1. The highest BCUT2D eigenvalue weighted by atomic mass is 31.2. The van der Waals surface area contributed by atoms with E-state index >= 15 is 0 Å². The number of hydrogen-bond acceptors (Lipinski definition) is 18. The molecule has 2 unspecified atom stereocenters. The predicted octanol–water partition coefficient (Wildman–Crippen LogP) is 19.4. The van der Waals surface area contributed by atoms with Gasteiger partial charge in [-0.15, -0.1) is 0 Å². The third kappa shape index (κ3) is 74.4. The van der Waals surface area contributed by atoms with Crippen molar-refractivity contribution in [2.45, 2.75) is 406 Å². The SMILES string of the molecule is CCCCCC/C=C\CCCC(=O)O[C@H](CCCCCCC)CCOC[C@H](COP(=O)(O)OCCNC(=O)CC(=O)NCCOP(=O)(O)OC[C@H](COCC[C@@H](CCCCCCC)OC(=O)CCC/C=C\CCCCCC)NC(=O)CC(=O)CCCCCCCCCCC)NC(=O)CC(=O)CCCCCCCCCCC. The summed E-state index contributed by atoms with van der Waals surface area (Å²) in [7, 11) is -9.66. The Labute approximate surface area is 671 Å². The smallest absolute Gasteiger partial charge is 0.462 e. The Kier molecular flexibility index (Phi) is 74.1. The first-order valence-electron chi connectivity index (χ1n) is 43.9. The maximum Gasteiger partial charge on any atom is 0.472 e. The molecular formula is C85H158N4O20P2. The minimum Gasteiger partial charge on any atom is -0.462 e. The van der Waals surface area contributed by atoms with Crippen LogP contribution in [0.25, 0.3) is 0 Å². The van der Waals surface area contributed by atoms with Crippen LogP contribution in [0.4, 0.5) is 0 Å². The molecule has 0 aliphatic carbocycles. The molecule has 0 spiro atoms. The van der Waals surface area contributed by atoms with Crippen molar-refractivity contribution in [2.24, 2.45) is 0 Å². The Bertz CT molecular complexity index is 2330. The van der Waals surface area contributed by atoms with Crippen molar-refractivity contribution < 1.29 is 94.3 Å². The second-order valence-electron chi connectivity index (χ2n) is 30.0. The molecule has 0 aromatic heterocycles. The Morgan fingerprint density at radius 3 is 0.946 bits per heavy atom. The summed E-state index contributed by atoms with van der Waals surface area (Å²) in [6.45, 7) is 10.1. The highest BCUT2D eigenvalue weighted by Gasteiger charge is 2.28. The van der Waals surface area contributed by atoms with Gasteiger partial charge >= 0.3 is 27.6 Å². The van der Waals surface area contributed by atoms with Gasteiger partial charge in [-0.05, 0) is 89.9 Å². The Morgan fingerprint density at radius 2 is 0.613 bits per heavy atom. The Balaban J connectivity index is 5.66. The molecule has 0 aromatic rings. The third-order valence-corrected chi connectivity index (χ3v) is 21.0. The number of esters is 2. The molecule has 0 aliphatic heterocycles. The average molecular weight is 1620 g/mol. The summed E-state index contributed by atoms with van der Waals surface area (Å²) >= 11 is 0. The first-order chi connectivity index (χ1) is 53.7. The number of phosphoric acid groups is 2. The first-order valence-corrected chi connectivity index (χ1v) is 46.9. The number of phosphoric ester groups is 2. The molecule has 0 aromatic carbocycles. The van der Waals surface area contributed by atoms with E-state index in [1.807, 2.05) is 0 Å². The minimum atomic E-state index is -4.83. The molecule has 0 rings (SSSR count). The lowest BCUT2D eigenvalue weighted by Gasteiger charge is -2.22. The van der Waals surface area contributed by atoms with E-state index in [1.165, 1.54) is 89.9 Å². The summed E-state index contributed by atoms with van der Waals surface area (Å²) in [6.07, 6.45) is 53.7. The number of amides is 4. The summed E-state index contributed by atoms with van der Waals surface area (Å²) in [5.74, 6) is -3.82. The standard InChI is InChI=1S/C85H158N4O20P2/c1-7-13-19-25-29-33-37-43-47-53-76(90)67-82(94)88-74(70-102-63-59-78(55-49-41-23-17-11-5)108-84(96)57-51-45-39-35-31-27-21-15-9-3)72-106-110(98,99)104-65-61-86-80(92)69-81(93)87-62-66-105-111(100,101)107-73-75(89-83(95)68-77(91)54-48-44-38-34-30-26-20-14-8-2)71-103-64-60-79(56-50-42-24-18-12-6)109-85(97)58-52-46-40-36-32-28-22-16-10-4/h35-36,39-40,74-75,78-79H,7-34,37-38,41-73H2,1-6H3,(H,86,92)(H,87,93)(H,88,94)(H,89,95)(H,98,99)(H,100,101)/b39-35-,40-36-/t74-,75+,78-,79-/m1/s1. The fourth-order valence-corrected chi connectivity index (χ4v) is 14.0. The van der Waals surface area contributed by atoms with Crippen LogP contribution >= 0.6 is 15.6 Å². The van der Waals surface area contributed by atoms with Gasteiger partial charge in [0.05, 0.1) is 77.8 Å². The second kappa shape index (κ2) is 77.0. The molecule has 6 N–H and O–H groups in total. The number of carbonyl (C=O) groups excluding carboxylic acids is 8. The number of rotatable bonds is 84. The highest BCUT2D eigenvalue weighted by Crippen LogP contribution is 2.44. The van der Waals surface area contributed by atoms with Gasteiger partial charge < -0.3 is 50.0 Å². The summed E-state index contributed by atoms with van der Waals surface area (Å²) in [5, 5.41) is 10.2. The van der Waals surface area contributed by atoms with E-state index in [2.05, 4.69) is 87.1 Å². The number of unbranched alkanes of at least 4 members (excludes halogenated alkanes) is 34. The Hall–Kier alpha value is -4.22. The molecule has 0 saturated carbocycles. The van der Waals surface area contributed by atoms with Crippen molar-refractivity contribution in [1.82, 2.24) is 21.3 Å². The van der Waals surface area contributed by atoms with Crippen LogP contribution in [0.1, 0.15) is 382 Å². The van der Waals surface area contributed by atoms with E-state index in [0.29, 0.717) is 64.2 Å². The van der Waals surface area contributed by atoms with Crippen LogP contribution in [0.2, 0.25) is 0 Å². The lowest BCUT2D eigenvalue weighted by molar-refractivity contribution is -0.151. The topological polar surface area (TPSA) is 333 Å². The van der Waals surface area contributed by atoms with Crippen LogP contribution < -0.4 is 21.3 Å². The van der Waals surface area contributed by atoms with Crippen LogP contribution in [0.15, 0.2) is 24.3 Å². The van der Waals surface area contributed by atoms with Crippen molar-refractivity contribution in [3.8, 4) is 0 Å². The first kappa shape index (κ1) is 107.